The van der Waals surface area contributed by atoms with E-state index >= 15 is 0 Å². The zero-order valence-electron chi connectivity index (χ0n) is 13.2. The summed E-state index contributed by atoms with van der Waals surface area (Å²) in [5.74, 6) is 1.48. The molecule has 4 rings (SSSR count). The Bertz CT molecular complexity index is 984. The number of aromatic amines is 1. The predicted molar refractivity (Wildman–Crippen MR) is 95.1 cm³/mol. The van der Waals surface area contributed by atoms with Gasteiger partial charge in [-0.05, 0) is 36.2 Å². The SMILES string of the molecule is COc1cccc2c1N(Cc1nc3ccc(Cl)cc3c(=O)[nH]1)CC2. The molecule has 0 saturated heterocycles. The summed E-state index contributed by atoms with van der Waals surface area (Å²) in [4.78, 5) is 21.9. The van der Waals surface area contributed by atoms with Crippen LogP contribution in [0.2, 0.25) is 5.02 Å². The van der Waals surface area contributed by atoms with Gasteiger partial charge in [-0.15, -0.1) is 0 Å². The molecular formula is C18H16ClN3O2. The Balaban J connectivity index is 1.72. The Morgan fingerprint density at radius 1 is 1.33 bits per heavy atom. The fourth-order valence-corrected chi connectivity index (χ4v) is 3.41. The van der Waals surface area contributed by atoms with Crippen LogP contribution in [0.3, 0.4) is 0 Å². The minimum absolute atomic E-state index is 0.169. The van der Waals surface area contributed by atoms with Gasteiger partial charge in [0.25, 0.3) is 5.56 Å². The monoisotopic (exact) mass is 341 g/mol. The lowest BCUT2D eigenvalue weighted by Gasteiger charge is -2.21. The Morgan fingerprint density at radius 2 is 2.21 bits per heavy atom. The molecule has 0 aliphatic carbocycles. The smallest absolute Gasteiger partial charge is 0.258 e. The van der Waals surface area contributed by atoms with Gasteiger partial charge in [-0.1, -0.05) is 23.7 Å². The van der Waals surface area contributed by atoms with E-state index in [0.29, 0.717) is 28.3 Å². The summed E-state index contributed by atoms with van der Waals surface area (Å²) >= 11 is 5.95. The zero-order valence-corrected chi connectivity index (χ0v) is 13.9. The number of anilines is 1. The van der Waals surface area contributed by atoms with Gasteiger partial charge in [-0.2, -0.15) is 0 Å². The van der Waals surface area contributed by atoms with Crippen LogP contribution in [0.4, 0.5) is 5.69 Å². The molecule has 1 aromatic heterocycles. The average molecular weight is 342 g/mol. The second-order valence-corrected chi connectivity index (χ2v) is 6.25. The van der Waals surface area contributed by atoms with E-state index in [1.807, 2.05) is 12.1 Å². The summed E-state index contributed by atoms with van der Waals surface area (Å²) in [7, 11) is 1.67. The lowest BCUT2D eigenvalue weighted by Crippen LogP contribution is -2.24. The minimum Gasteiger partial charge on any atom is -0.495 e. The summed E-state index contributed by atoms with van der Waals surface area (Å²) in [5.41, 5.74) is 2.82. The minimum atomic E-state index is -0.169. The summed E-state index contributed by atoms with van der Waals surface area (Å²) in [6, 6.07) is 11.2. The number of benzene rings is 2. The van der Waals surface area contributed by atoms with Crippen LogP contribution >= 0.6 is 11.6 Å². The van der Waals surface area contributed by atoms with Gasteiger partial charge < -0.3 is 14.6 Å². The molecular weight excluding hydrogens is 326 g/mol. The van der Waals surface area contributed by atoms with Gasteiger partial charge in [-0.25, -0.2) is 4.98 Å². The van der Waals surface area contributed by atoms with Crippen molar-refractivity contribution in [1.82, 2.24) is 9.97 Å². The number of para-hydroxylation sites is 1. The largest absolute Gasteiger partial charge is 0.495 e. The fraction of sp³-hybridized carbons (Fsp3) is 0.222. The van der Waals surface area contributed by atoms with Gasteiger partial charge in [0.1, 0.15) is 11.6 Å². The summed E-state index contributed by atoms with van der Waals surface area (Å²) in [6.07, 6.45) is 0.958. The van der Waals surface area contributed by atoms with Crippen LogP contribution in [0, 0.1) is 0 Å². The van der Waals surface area contributed by atoms with Crippen LogP contribution in [-0.4, -0.2) is 23.6 Å². The third kappa shape index (κ3) is 2.51. The van der Waals surface area contributed by atoms with Gasteiger partial charge in [0, 0.05) is 11.6 Å². The van der Waals surface area contributed by atoms with E-state index in [9.17, 15) is 4.79 Å². The van der Waals surface area contributed by atoms with Crippen molar-refractivity contribution in [2.45, 2.75) is 13.0 Å². The molecule has 0 radical (unpaired) electrons. The number of fused-ring (bicyclic) bond motifs is 2. The van der Waals surface area contributed by atoms with Crippen LogP contribution in [0.15, 0.2) is 41.2 Å². The van der Waals surface area contributed by atoms with Crippen molar-refractivity contribution in [2.75, 3.05) is 18.6 Å². The maximum absolute atomic E-state index is 12.3. The predicted octanol–water partition coefficient (Wildman–Crippen LogP) is 3.15. The van der Waals surface area contributed by atoms with Gasteiger partial charge in [0.15, 0.2) is 0 Å². The van der Waals surface area contributed by atoms with Crippen molar-refractivity contribution in [3.05, 3.63) is 63.2 Å². The van der Waals surface area contributed by atoms with E-state index in [1.54, 1.807) is 25.3 Å². The van der Waals surface area contributed by atoms with Crippen molar-refractivity contribution in [2.24, 2.45) is 0 Å². The number of halogens is 1. The number of nitrogens with one attached hydrogen (secondary N) is 1. The van der Waals surface area contributed by atoms with E-state index < -0.39 is 0 Å². The first-order valence-electron chi connectivity index (χ1n) is 7.75. The number of nitrogens with zero attached hydrogens (tertiary/aromatic N) is 2. The fourth-order valence-electron chi connectivity index (χ4n) is 3.23. The highest BCUT2D eigenvalue weighted by Gasteiger charge is 2.23. The van der Waals surface area contributed by atoms with Gasteiger partial charge in [0.2, 0.25) is 0 Å². The second-order valence-electron chi connectivity index (χ2n) is 5.81. The molecule has 5 nitrogen and oxygen atoms in total. The Morgan fingerprint density at radius 3 is 3.04 bits per heavy atom. The van der Waals surface area contributed by atoms with Gasteiger partial charge in [-0.3, -0.25) is 4.79 Å². The van der Waals surface area contributed by atoms with Crippen LogP contribution in [0.1, 0.15) is 11.4 Å². The molecule has 0 amide bonds. The first-order valence-corrected chi connectivity index (χ1v) is 8.13. The molecule has 24 heavy (non-hydrogen) atoms. The maximum Gasteiger partial charge on any atom is 0.258 e. The molecule has 0 fully saturated rings. The maximum atomic E-state index is 12.3. The molecule has 2 aromatic carbocycles. The highest BCUT2D eigenvalue weighted by atomic mass is 35.5. The number of rotatable bonds is 3. The molecule has 2 heterocycles. The number of hydrogen-bond donors (Lipinski definition) is 1. The molecule has 1 N–H and O–H groups in total. The molecule has 1 aliphatic heterocycles. The highest BCUT2D eigenvalue weighted by Crippen LogP contribution is 2.37. The van der Waals surface area contributed by atoms with Crippen molar-refractivity contribution in [3.63, 3.8) is 0 Å². The second kappa shape index (κ2) is 5.83. The van der Waals surface area contributed by atoms with Crippen molar-refractivity contribution >= 4 is 28.2 Å². The van der Waals surface area contributed by atoms with Crippen molar-refractivity contribution in [1.29, 1.82) is 0 Å². The number of hydrogen-bond acceptors (Lipinski definition) is 4. The Labute approximate surface area is 143 Å². The standard InChI is InChI=1S/C18H16ClN3O2/c1-24-15-4-2-3-11-7-8-22(17(11)15)10-16-20-14-6-5-12(19)9-13(14)18(23)21-16/h2-6,9H,7-8,10H2,1H3,(H,20,21,23). The molecule has 6 heteroatoms. The highest BCUT2D eigenvalue weighted by molar-refractivity contribution is 6.31. The van der Waals surface area contributed by atoms with Crippen molar-refractivity contribution < 1.29 is 4.74 Å². The lowest BCUT2D eigenvalue weighted by molar-refractivity contribution is 0.415. The number of ether oxygens (including phenoxy) is 1. The number of aromatic nitrogens is 2. The molecule has 1 aliphatic rings. The van der Waals surface area contributed by atoms with Gasteiger partial charge >= 0.3 is 0 Å². The molecule has 122 valence electrons. The molecule has 0 saturated carbocycles. The summed E-state index contributed by atoms with van der Waals surface area (Å²) in [6.45, 7) is 1.40. The molecule has 0 spiro atoms. The van der Waals surface area contributed by atoms with Crippen LogP contribution in [-0.2, 0) is 13.0 Å². The number of H-pyrrole nitrogens is 1. The Kier molecular flexibility index (Phi) is 3.65. The number of methoxy groups -OCH3 is 1. The van der Waals surface area contributed by atoms with E-state index in [2.05, 4.69) is 20.9 Å². The van der Waals surface area contributed by atoms with E-state index in [1.165, 1.54) is 5.56 Å². The van der Waals surface area contributed by atoms with Crippen molar-refractivity contribution in [3.8, 4) is 5.75 Å². The molecule has 3 aromatic rings. The average Bonchev–Trinajstić information content (AvgIpc) is 2.99. The van der Waals surface area contributed by atoms with E-state index in [-0.39, 0.29) is 5.56 Å². The first kappa shape index (κ1) is 15.0. The quantitative estimate of drug-likeness (QED) is 0.795. The van der Waals surface area contributed by atoms with Gasteiger partial charge in [0.05, 0.1) is 30.2 Å². The normalized spacial score (nSPS) is 13.3. The summed E-state index contributed by atoms with van der Waals surface area (Å²) in [5, 5.41) is 1.03. The van der Waals surface area contributed by atoms with Crippen LogP contribution < -0.4 is 15.2 Å². The summed E-state index contributed by atoms with van der Waals surface area (Å²) < 4.78 is 5.48. The third-order valence-corrected chi connectivity index (χ3v) is 4.56. The lowest BCUT2D eigenvalue weighted by atomic mass is 10.1. The molecule has 0 unspecified atom stereocenters. The zero-order chi connectivity index (χ0) is 16.7. The molecule has 0 atom stereocenters. The van der Waals surface area contributed by atoms with Crippen LogP contribution in [0.5, 0.6) is 5.75 Å². The third-order valence-electron chi connectivity index (χ3n) is 4.33. The van der Waals surface area contributed by atoms with E-state index in [0.717, 1.165) is 24.4 Å². The van der Waals surface area contributed by atoms with Crippen LogP contribution in [0.25, 0.3) is 10.9 Å². The topological polar surface area (TPSA) is 58.2 Å². The van der Waals surface area contributed by atoms with E-state index in [4.69, 9.17) is 16.3 Å². The Hall–Kier alpha value is -2.53. The first-order chi connectivity index (χ1) is 11.7. The molecule has 0 bridgehead atoms.